The van der Waals surface area contributed by atoms with Crippen molar-refractivity contribution in [1.29, 1.82) is 0 Å². The number of carboxylic acids is 1. The zero-order chi connectivity index (χ0) is 14.3. The van der Waals surface area contributed by atoms with Gasteiger partial charge in [0.1, 0.15) is 6.04 Å². The molecule has 2 N–H and O–H groups in total. The number of nitrogens with one attached hydrogen (secondary N) is 1. The van der Waals surface area contributed by atoms with Crippen molar-refractivity contribution in [2.45, 2.75) is 12.5 Å². The summed E-state index contributed by atoms with van der Waals surface area (Å²) >= 11 is 9.69. The normalized spacial score (nSPS) is 12.3. The lowest BCUT2D eigenvalue weighted by Gasteiger charge is -2.11. The van der Waals surface area contributed by atoms with E-state index < -0.39 is 17.9 Å². The van der Waals surface area contributed by atoms with E-state index in [1.165, 1.54) is 6.08 Å². The first kappa shape index (κ1) is 15.6. The third-order valence-corrected chi connectivity index (χ3v) is 2.84. The van der Waals surface area contributed by atoms with Gasteiger partial charge in [-0.15, -0.1) is 0 Å². The topological polar surface area (TPSA) is 66.4 Å². The van der Waals surface area contributed by atoms with Crippen LogP contribution in [0.2, 0.25) is 5.02 Å². The lowest BCUT2D eigenvalue weighted by Crippen LogP contribution is -2.40. The molecule has 4 nitrogen and oxygen atoms in total. The molecule has 0 aliphatic heterocycles. The van der Waals surface area contributed by atoms with Crippen molar-refractivity contribution < 1.29 is 14.7 Å². The predicted molar refractivity (Wildman–Crippen MR) is 78.5 cm³/mol. The molecule has 0 aliphatic rings. The highest BCUT2D eigenvalue weighted by molar-refractivity contribution is 7.80. The van der Waals surface area contributed by atoms with Gasteiger partial charge in [-0.3, -0.25) is 4.79 Å². The van der Waals surface area contributed by atoms with Crippen molar-refractivity contribution in [2.75, 3.05) is 5.75 Å². The molecule has 0 radical (unpaired) electrons. The molecule has 1 aromatic rings. The number of amides is 1. The van der Waals surface area contributed by atoms with Crippen LogP contribution in [0.15, 0.2) is 30.3 Å². The number of hydrogen-bond donors (Lipinski definition) is 3. The Labute approximate surface area is 121 Å². The first-order valence-electron chi connectivity index (χ1n) is 5.60. The number of halogens is 1. The van der Waals surface area contributed by atoms with Crippen LogP contribution in [0.4, 0.5) is 0 Å². The summed E-state index contributed by atoms with van der Waals surface area (Å²) in [7, 11) is 0. The van der Waals surface area contributed by atoms with Crippen LogP contribution in [0.5, 0.6) is 0 Å². The number of rotatable bonds is 6. The van der Waals surface area contributed by atoms with E-state index in [0.29, 0.717) is 10.8 Å². The fourth-order valence-corrected chi connectivity index (χ4v) is 1.74. The van der Waals surface area contributed by atoms with Crippen LogP contribution < -0.4 is 5.32 Å². The van der Waals surface area contributed by atoms with Crippen LogP contribution in [0.1, 0.15) is 12.0 Å². The minimum atomic E-state index is -1.07. The fraction of sp³-hybridized carbons (Fsp3) is 0.231. The molecule has 19 heavy (non-hydrogen) atoms. The number of thiol groups is 1. The maximum atomic E-state index is 11.6. The second-order valence-electron chi connectivity index (χ2n) is 3.80. The first-order chi connectivity index (χ1) is 9.02. The van der Waals surface area contributed by atoms with E-state index >= 15 is 0 Å². The Kier molecular flexibility index (Phi) is 6.45. The Hall–Kier alpha value is -1.46. The monoisotopic (exact) mass is 299 g/mol. The quantitative estimate of drug-likeness (QED) is 0.557. The predicted octanol–water partition coefficient (Wildman–Crippen LogP) is 2.24. The Morgan fingerprint density at radius 3 is 2.53 bits per heavy atom. The SMILES string of the molecule is O=C(/C=C/c1ccc(Cl)cc1)NC(CCS)C(=O)O. The van der Waals surface area contributed by atoms with Gasteiger partial charge in [0, 0.05) is 11.1 Å². The van der Waals surface area contributed by atoms with Gasteiger partial charge in [-0.05, 0) is 35.9 Å². The molecule has 1 atom stereocenters. The van der Waals surface area contributed by atoms with Gasteiger partial charge in [-0.25, -0.2) is 4.79 Å². The van der Waals surface area contributed by atoms with Crippen LogP contribution >= 0.6 is 24.2 Å². The second kappa shape index (κ2) is 7.86. The average molecular weight is 300 g/mol. The summed E-state index contributed by atoms with van der Waals surface area (Å²) in [6, 6.07) is 6.02. The molecule has 0 fully saturated rings. The summed E-state index contributed by atoms with van der Waals surface area (Å²) in [4.78, 5) is 22.4. The molecule has 0 saturated carbocycles. The van der Waals surface area contributed by atoms with Crippen molar-refractivity contribution in [3.05, 3.63) is 40.9 Å². The van der Waals surface area contributed by atoms with Gasteiger partial charge in [0.15, 0.2) is 0 Å². The summed E-state index contributed by atoms with van der Waals surface area (Å²) < 4.78 is 0. The number of benzene rings is 1. The summed E-state index contributed by atoms with van der Waals surface area (Å²) in [5.41, 5.74) is 0.806. The molecule has 102 valence electrons. The number of hydrogen-bond acceptors (Lipinski definition) is 3. The van der Waals surface area contributed by atoms with Crippen molar-refractivity contribution >= 4 is 42.2 Å². The smallest absolute Gasteiger partial charge is 0.326 e. The van der Waals surface area contributed by atoms with Gasteiger partial charge >= 0.3 is 5.97 Å². The fourth-order valence-electron chi connectivity index (χ4n) is 1.35. The van der Waals surface area contributed by atoms with Crippen LogP contribution in [0.3, 0.4) is 0 Å². The van der Waals surface area contributed by atoms with Gasteiger partial charge < -0.3 is 10.4 Å². The Morgan fingerprint density at radius 1 is 1.37 bits per heavy atom. The van der Waals surface area contributed by atoms with Gasteiger partial charge in [-0.2, -0.15) is 12.6 Å². The van der Waals surface area contributed by atoms with E-state index in [1.807, 2.05) is 0 Å². The third-order valence-electron chi connectivity index (χ3n) is 2.33. The molecule has 1 unspecified atom stereocenters. The molecule has 1 aromatic carbocycles. The lowest BCUT2D eigenvalue weighted by atomic mass is 10.2. The van der Waals surface area contributed by atoms with E-state index in [2.05, 4.69) is 17.9 Å². The summed E-state index contributed by atoms with van der Waals surface area (Å²) in [6.07, 6.45) is 3.15. The summed E-state index contributed by atoms with van der Waals surface area (Å²) in [5.74, 6) is -1.13. The highest BCUT2D eigenvalue weighted by Gasteiger charge is 2.17. The van der Waals surface area contributed by atoms with E-state index in [-0.39, 0.29) is 6.42 Å². The highest BCUT2D eigenvalue weighted by atomic mass is 35.5. The third kappa shape index (κ3) is 5.81. The van der Waals surface area contributed by atoms with Gasteiger partial charge in [-0.1, -0.05) is 23.7 Å². The Morgan fingerprint density at radius 2 is 2.00 bits per heavy atom. The van der Waals surface area contributed by atoms with Crippen molar-refractivity contribution in [2.24, 2.45) is 0 Å². The molecule has 0 saturated heterocycles. The average Bonchev–Trinajstić information content (AvgIpc) is 2.37. The van der Waals surface area contributed by atoms with E-state index in [1.54, 1.807) is 30.3 Å². The molecular weight excluding hydrogens is 286 g/mol. The zero-order valence-corrected chi connectivity index (χ0v) is 11.7. The molecule has 0 bridgehead atoms. The summed E-state index contributed by atoms with van der Waals surface area (Å²) in [6.45, 7) is 0. The van der Waals surface area contributed by atoms with Crippen LogP contribution in [-0.4, -0.2) is 28.8 Å². The standard InChI is InChI=1S/C13H14ClNO3S/c14-10-4-1-9(2-5-10)3-6-12(16)15-11(7-8-19)13(17)18/h1-6,11,19H,7-8H2,(H,15,16)(H,17,18)/b6-3+. The summed E-state index contributed by atoms with van der Waals surface area (Å²) in [5, 5.41) is 11.9. The Balaban J connectivity index is 2.58. The van der Waals surface area contributed by atoms with Crippen molar-refractivity contribution in [3.8, 4) is 0 Å². The number of carbonyl (C=O) groups excluding carboxylic acids is 1. The van der Waals surface area contributed by atoms with Crippen molar-refractivity contribution in [3.63, 3.8) is 0 Å². The number of carboxylic acid groups (broad SMARTS) is 1. The first-order valence-corrected chi connectivity index (χ1v) is 6.62. The maximum absolute atomic E-state index is 11.6. The second-order valence-corrected chi connectivity index (χ2v) is 4.68. The molecule has 0 aromatic heterocycles. The van der Waals surface area contributed by atoms with E-state index in [9.17, 15) is 9.59 Å². The van der Waals surface area contributed by atoms with Crippen LogP contribution in [0, 0.1) is 0 Å². The van der Waals surface area contributed by atoms with Gasteiger partial charge in [0.05, 0.1) is 0 Å². The molecule has 0 spiro atoms. The highest BCUT2D eigenvalue weighted by Crippen LogP contribution is 2.10. The van der Waals surface area contributed by atoms with E-state index in [0.717, 1.165) is 5.56 Å². The zero-order valence-electron chi connectivity index (χ0n) is 10.0. The molecular formula is C13H14ClNO3S. The van der Waals surface area contributed by atoms with Crippen LogP contribution in [-0.2, 0) is 9.59 Å². The molecule has 6 heteroatoms. The Bertz CT molecular complexity index is 473. The van der Waals surface area contributed by atoms with Gasteiger partial charge in [0.2, 0.25) is 5.91 Å². The molecule has 1 amide bonds. The minimum absolute atomic E-state index is 0.277. The maximum Gasteiger partial charge on any atom is 0.326 e. The molecule has 0 heterocycles. The lowest BCUT2D eigenvalue weighted by molar-refractivity contribution is -0.141. The molecule has 0 aliphatic carbocycles. The largest absolute Gasteiger partial charge is 0.480 e. The van der Waals surface area contributed by atoms with Crippen molar-refractivity contribution in [1.82, 2.24) is 5.32 Å². The molecule has 1 rings (SSSR count). The number of aliphatic carboxylic acids is 1. The minimum Gasteiger partial charge on any atom is -0.480 e. The van der Waals surface area contributed by atoms with Crippen LogP contribution in [0.25, 0.3) is 6.08 Å². The van der Waals surface area contributed by atoms with Gasteiger partial charge in [0.25, 0.3) is 0 Å². The number of carbonyl (C=O) groups is 2. The van der Waals surface area contributed by atoms with E-state index in [4.69, 9.17) is 16.7 Å².